The van der Waals surface area contributed by atoms with Crippen molar-refractivity contribution in [2.45, 2.75) is 24.9 Å². The van der Waals surface area contributed by atoms with E-state index in [0.29, 0.717) is 6.42 Å². The van der Waals surface area contributed by atoms with Gasteiger partial charge in [-0.3, -0.25) is 0 Å². The zero-order valence-electron chi connectivity index (χ0n) is 9.82. The minimum Gasteiger partial charge on any atom is -0.399 e. The molecule has 0 aliphatic heterocycles. The number of aryl methyl sites for hydroxylation is 1. The minimum absolute atomic E-state index is 0.626. The third-order valence-corrected chi connectivity index (χ3v) is 4.77. The second kappa shape index (κ2) is 4.26. The highest BCUT2D eigenvalue weighted by Crippen LogP contribution is 2.41. The second-order valence-corrected chi connectivity index (χ2v) is 6.63. The van der Waals surface area contributed by atoms with E-state index in [4.69, 9.17) is 17.3 Å². The summed E-state index contributed by atoms with van der Waals surface area (Å²) < 4.78 is 0.768. The molecule has 0 spiro atoms. The Morgan fingerprint density at radius 3 is 2.89 bits per heavy atom. The topological polar surface area (TPSA) is 46.2 Å². The smallest absolute Gasteiger partial charge is 0.0950 e. The summed E-state index contributed by atoms with van der Waals surface area (Å²) in [6.07, 6.45) is 2.26. The molecule has 0 saturated carbocycles. The Labute approximate surface area is 115 Å². The quantitative estimate of drug-likeness (QED) is 0.828. The average Bonchev–Trinajstić information content (AvgIpc) is 2.84. The summed E-state index contributed by atoms with van der Waals surface area (Å²) in [5.74, 6) is 0. The number of benzene rings is 1. The highest BCUT2D eigenvalue weighted by atomic mass is 35.5. The maximum Gasteiger partial charge on any atom is 0.0950 e. The van der Waals surface area contributed by atoms with Gasteiger partial charge in [0.25, 0.3) is 0 Å². The molecule has 4 heteroatoms. The molecular formula is C14H14ClNOS. The molecule has 1 aromatic heterocycles. The molecular weight excluding hydrogens is 266 g/mol. The first kappa shape index (κ1) is 12.0. The van der Waals surface area contributed by atoms with E-state index in [1.165, 1.54) is 16.9 Å². The summed E-state index contributed by atoms with van der Waals surface area (Å²) >= 11 is 7.46. The lowest BCUT2D eigenvalue weighted by Crippen LogP contribution is -2.24. The van der Waals surface area contributed by atoms with E-state index in [1.807, 2.05) is 30.3 Å². The van der Waals surface area contributed by atoms with Crippen LogP contribution in [0.2, 0.25) is 4.34 Å². The molecule has 1 heterocycles. The molecule has 1 unspecified atom stereocenters. The Morgan fingerprint density at radius 1 is 1.33 bits per heavy atom. The molecule has 1 atom stereocenters. The monoisotopic (exact) mass is 279 g/mol. The van der Waals surface area contributed by atoms with Crippen molar-refractivity contribution in [1.29, 1.82) is 0 Å². The maximum absolute atomic E-state index is 10.8. The van der Waals surface area contributed by atoms with Gasteiger partial charge in [-0.15, -0.1) is 11.3 Å². The van der Waals surface area contributed by atoms with Gasteiger partial charge in [0.15, 0.2) is 0 Å². The number of fused-ring (bicyclic) bond motifs is 1. The van der Waals surface area contributed by atoms with Crippen molar-refractivity contribution in [2.75, 3.05) is 5.73 Å². The Morgan fingerprint density at radius 2 is 2.17 bits per heavy atom. The number of aliphatic hydroxyl groups is 1. The van der Waals surface area contributed by atoms with Crippen LogP contribution in [0, 0.1) is 0 Å². The van der Waals surface area contributed by atoms with E-state index in [1.54, 1.807) is 0 Å². The van der Waals surface area contributed by atoms with Crippen molar-refractivity contribution in [3.05, 3.63) is 50.7 Å². The summed E-state index contributed by atoms with van der Waals surface area (Å²) in [5.41, 5.74) is 7.95. The average molecular weight is 280 g/mol. The fraction of sp³-hybridized carbons (Fsp3) is 0.286. The van der Waals surface area contributed by atoms with Crippen LogP contribution in [0.5, 0.6) is 0 Å². The Balaban J connectivity index is 1.94. The van der Waals surface area contributed by atoms with Crippen molar-refractivity contribution in [2.24, 2.45) is 0 Å². The Kier molecular flexibility index (Phi) is 2.85. The lowest BCUT2D eigenvalue weighted by molar-refractivity contribution is 0.0398. The van der Waals surface area contributed by atoms with Gasteiger partial charge in [-0.1, -0.05) is 17.7 Å². The molecule has 94 valence electrons. The Bertz CT molecular complexity index is 595. The van der Waals surface area contributed by atoms with Gasteiger partial charge in [-0.2, -0.15) is 0 Å². The minimum atomic E-state index is -0.767. The lowest BCUT2D eigenvalue weighted by atomic mass is 9.91. The van der Waals surface area contributed by atoms with Gasteiger partial charge < -0.3 is 10.8 Å². The van der Waals surface area contributed by atoms with Crippen LogP contribution in [-0.2, 0) is 18.4 Å². The van der Waals surface area contributed by atoms with Crippen LogP contribution in [0.15, 0.2) is 30.3 Å². The number of hydrogen-bond donors (Lipinski definition) is 2. The summed E-state index contributed by atoms with van der Waals surface area (Å²) in [7, 11) is 0. The lowest BCUT2D eigenvalue weighted by Gasteiger charge is -2.23. The molecule has 3 N–H and O–H groups in total. The normalized spacial score (nSPS) is 22.1. The molecule has 0 saturated heterocycles. The molecule has 1 aliphatic rings. The molecule has 1 aromatic carbocycles. The van der Waals surface area contributed by atoms with Gasteiger partial charge in [0.05, 0.1) is 9.94 Å². The fourth-order valence-corrected chi connectivity index (χ4v) is 3.86. The van der Waals surface area contributed by atoms with E-state index < -0.39 is 5.60 Å². The summed E-state index contributed by atoms with van der Waals surface area (Å²) in [6, 6.07) is 9.64. The largest absolute Gasteiger partial charge is 0.399 e. The molecule has 0 radical (unpaired) electrons. The van der Waals surface area contributed by atoms with Crippen LogP contribution < -0.4 is 5.73 Å². The van der Waals surface area contributed by atoms with Crippen LogP contribution in [0.1, 0.15) is 22.4 Å². The third kappa shape index (κ3) is 2.03. The highest BCUT2D eigenvalue weighted by Gasteiger charge is 2.37. The Hall–Kier alpha value is -1.03. The third-order valence-electron chi connectivity index (χ3n) is 3.53. The van der Waals surface area contributed by atoms with E-state index in [2.05, 4.69) is 0 Å². The van der Waals surface area contributed by atoms with E-state index in [0.717, 1.165) is 33.3 Å². The van der Waals surface area contributed by atoms with Crippen molar-refractivity contribution >= 4 is 28.6 Å². The molecule has 0 amide bonds. The first-order valence-electron chi connectivity index (χ1n) is 5.92. The van der Waals surface area contributed by atoms with E-state index in [9.17, 15) is 5.11 Å². The summed E-state index contributed by atoms with van der Waals surface area (Å²) in [6.45, 7) is 0. The molecule has 1 aliphatic carbocycles. The molecule has 18 heavy (non-hydrogen) atoms. The number of hydrogen-bond acceptors (Lipinski definition) is 3. The molecule has 0 bridgehead atoms. The number of nitrogen functional groups attached to an aromatic ring is 1. The SMILES string of the molecule is Nc1ccc2c(c1)CCC2(O)Cc1ccc(Cl)s1. The standard InChI is InChI=1S/C14H14ClNOS/c15-13-4-2-11(18-13)8-14(17)6-5-9-7-10(16)1-3-12(9)14/h1-4,7,17H,5-6,8,16H2. The first-order chi connectivity index (χ1) is 8.57. The van der Waals surface area contributed by atoms with Crippen molar-refractivity contribution in [1.82, 2.24) is 0 Å². The van der Waals surface area contributed by atoms with Crippen LogP contribution in [0.4, 0.5) is 5.69 Å². The zero-order valence-corrected chi connectivity index (χ0v) is 11.4. The zero-order chi connectivity index (χ0) is 12.8. The molecule has 0 fully saturated rings. The van der Waals surface area contributed by atoms with Gasteiger partial charge in [-0.25, -0.2) is 0 Å². The van der Waals surface area contributed by atoms with Gasteiger partial charge in [0, 0.05) is 17.0 Å². The van der Waals surface area contributed by atoms with Gasteiger partial charge >= 0.3 is 0 Å². The number of anilines is 1. The van der Waals surface area contributed by atoms with Crippen molar-refractivity contribution in [3.8, 4) is 0 Å². The van der Waals surface area contributed by atoms with Crippen molar-refractivity contribution in [3.63, 3.8) is 0 Å². The van der Waals surface area contributed by atoms with Gasteiger partial charge in [-0.05, 0) is 48.2 Å². The first-order valence-corrected chi connectivity index (χ1v) is 7.12. The number of rotatable bonds is 2. The maximum atomic E-state index is 10.8. The number of halogens is 1. The second-order valence-electron chi connectivity index (χ2n) is 4.83. The number of thiophene rings is 1. The summed E-state index contributed by atoms with van der Waals surface area (Å²) in [5, 5.41) is 10.8. The molecule has 2 nitrogen and oxygen atoms in total. The van der Waals surface area contributed by atoms with Crippen LogP contribution in [-0.4, -0.2) is 5.11 Å². The number of nitrogens with two attached hydrogens (primary N) is 1. The van der Waals surface area contributed by atoms with Crippen LogP contribution >= 0.6 is 22.9 Å². The van der Waals surface area contributed by atoms with Crippen molar-refractivity contribution < 1.29 is 5.11 Å². The van der Waals surface area contributed by atoms with E-state index in [-0.39, 0.29) is 0 Å². The van der Waals surface area contributed by atoms with Crippen LogP contribution in [0.3, 0.4) is 0 Å². The van der Waals surface area contributed by atoms with E-state index >= 15 is 0 Å². The fourth-order valence-electron chi connectivity index (χ4n) is 2.67. The van der Waals surface area contributed by atoms with Gasteiger partial charge in [0.1, 0.15) is 0 Å². The molecule has 3 rings (SSSR count). The predicted octanol–water partition coefficient (Wildman–Crippen LogP) is 3.36. The van der Waals surface area contributed by atoms with Crippen LogP contribution in [0.25, 0.3) is 0 Å². The highest BCUT2D eigenvalue weighted by molar-refractivity contribution is 7.16. The predicted molar refractivity (Wildman–Crippen MR) is 76.1 cm³/mol. The summed E-state index contributed by atoms with van der Waals surface area (Å²) in [4.78, 5) is 1.12. The molecule has 2 aromatic rings. The van der Waals surface area contributed by atoms with Gasteiger partial charge in [0.2, 0.25) is 0 Å².